The molecule has 1 heterocycles. The predicted molar refractivity (Wildman–Crippen MR) is 66.3 cm³/mol. The Hall–Kier alpha value is -1.99. The molecule has 0 saturated heterocycles. The number of aromatic carboxylic acids is 1. The van der Waals surface area contributed by atoms with Crippen LogP contribution in [-0.4, -0.2) is 26.6 Å². The van der Waals surface area contributed by atoms with E-state index in [1.54, 1.807) is 0 Å². The standard InChI is InChI=1S/C10H6ClN3O3S/c11-6-3-5(10(16)17)1-2-7(6)13-9(15)8-4-12-14-18-8/h1-4H,(H,13,15)(H,16,17). The molecule has 2 rings (SSSR count). The van der Waals surface area contributed by atoms with Crippen molar-refractivity contribution in [2.45, 2.75) is 0 Å². The Labute approximate surface area is 110 Å². The lowest BCUT2D eigenvalue weighted by molar-refractivity contribution is 0.0696. The third-order valence-electron chi connectivity index (χ3n) is 2.05. The van der Waals surface area contributed by atoms with E-state index in [4.69, 9.17) is 16.7 Å². The molecule has 0 spiro atoms. The highest BCUT2D eigenvalue weighted by atomic mass is 35.5. The fraction of sp³-hybridized carbons (Fsp3) is 0. The maximum absolute atomic E-state index is 11.7. The van der Waals surface area contributed by atoms with Crippen LogP contribution in [0.4, 0.5) is 5.69 Å². The van der Waals surface area contributed by atoms with E-state index in [2.05, 4.69) is 14.9 Å². The summed E-state index contributed by atoms with van der Waals surface area (Å²) >= 11 is 6.83. The Bertz CT molecular complexity index is 600. The maximum Gasteiger partial charge on any atom is 0.335 e. The number of benzene rings is 1. The molecule has 2 N–H and O–H groups in total. The number of halogens is 1. The lowest BCUT2D eigenvalue weighted by atomic mass is 10.2. The SMILES string of the molecule is O=C(O)c1ccc(NC(=O)c2cnns2)c(Cl)c1. The number of aromatic nitrogens is 2. The fourth-order valence-electron chi connectivity index (χ4n) is 1.20. The maximum atomic E-state index is 11.7. The zero-order valence-electron chi connectivity index (χ0n) is 8.75. The summed E-state index contributed by atoms with van der Waals surface area (Å²) in [7, 11) is 0. The average Bonchev–Trinajstić information content (AvgIpc) is 2.85. The minimum atomic E-state index is -1.08. The lowest BCUT2D eigenvalue weighted by Crippen LogP contribution is -2.11. The van der Waals surface area contributed by atoms with Gasteiger partial charge in [-0.1, -0.05) is 16.1 Å². The largest absolute Gasteiger partial charge is 0.478 e. The van der Waals surface area contributed by atoms with Gasteiger partial charge in [-0.2, -0.15) is 0 Å². The number of anilines is 1. The third-order valence-corrected chi connectivity index (χ3v) is 3.03. The lowest BCUT2D eigenvalue weighted by Gasteiger charge is -2.06. The summed E-state index contributed by atoms with van der Waals surface area (Å²) in [5.74, 6) is -1.48. The fourth-order valence-corrected chi connectivity index (χ4v) is 1.84. The van der Waals surface area contributed by atoms with Crippen molar-refractivity contribution in [3.8, 4) is 0 Å². The number of carbonyl (C=O) groups excluding carboxylic acids is 1. The highest BCUT2D eigenvalue weighted by molar-refractivity contribution is 7.07. The van der Waals surface area contributed by atoms with Crippen molar-refractivity contribution >= 4 is 40.7 Å². The number of amides is 1. The first-order valence-corrected chi connectivity index (χ1v) is 5.84. The van der Waals surface area contributed by atoms with E-state index in [9.17, 15) is 9.59 Å². The summed E-state index contributed by atoms with van der Waals surface area (Å²) in [6.45, 7) is 0. The van der Waals surface area contributed by atoms with Crippen LogP contribution < -0.4 is 5.32 Å². The summed E-state index contributed by atoms with van der Waals surface area (Å²) in [6.07, 6.45) is 1.33. The van der Waals surface area contributed by atoms with Gasteiger partial charge in [-0.25, -0.2) is 4.79 Å². The quantitative estimate of drug-likeness (QED) is 0.900. The van der Waals surface area contributed by atoms with Crippen LogP contribution >= 0.6 is 23.1 Å². The van der Waals surface area contributed by atoms with E-state index >= 15 is 0 Å². The molecule has 1 aromatic carbocycles. The van der Waals surface area contributed by atoms with Crippen LogP contribution in [0.15, 0.2) is 24.4 Å². The van der Waals surface area contributed by atoms with Gasteiger partial charge >= 0.3 is 5.97 Å². The number of hydrogen-bond donors (Lipinski definition) is 2. The molecule has 2 aromatic rings. The van der Waals surface area contributed by atoms with Crippen molar-refractivity contribution < 1.29 is 14.7 Å². The normalized spacial score (nSPS) is 10.1. The molecule has 0 bridgehead atoms. The van der Waals surface area contributed by atoms with E-state index in [0.29, 0.717) is 10.6 Å². The molecule has 0 unspecified atom stereocenters. The third kappa shape index (κ3) is 2.63. The smallest absolute Gasteiger partial charge is 0.335 e. The van der Waals surface area contributed by atoms with Gasteiger partial charge in [0.25, 0.3) is 5.91 Å². The summed E-state index contributed by atoms with van der Waals surface area (Å²) in [4.78, 5) is 22.7. The van der Waals surface area contributed by atoms with Crippen molar-refractivity contribution in [3.05, 3.63) is 39.9 Å². The summed E-state index contributed by atoms with van der Waals surface area (Å²) in [6, 6.07) is 4.05. The molecular formula is C10H6ClN3O3S. The highest BCUT2D eigenvalue weighted by Crippen LogP contribution is 2.23. The molecule has 6 nitrogen and oxygen atoms in total. The first-order valence-electron chi connectivity index (χ1n) is 4.69. The molecule has 0 aliphatic carbocycles. The Kier molecular flexibility index (Phi) is 3.54. The van der Waals surface area contributed by atoms with Crippen LogP contribution in [0.3, 0.4) is 0 Å². The van der Waals surface area contributed by atoms with Crippen LogP contribution in [0.1, 0.15) is 20.0 Å². The number of hydrogen-bond acceptors (Lipinski definition) is 5. The van der Waals surface area contributed by atoms with Crippen LogP contribution in [0.5, 0.6) is 0 Å². The monoisotopic (exact) mass is 283 g/mol. The molecule has 8 heteroatoms. The molecule has 0 saturated carbocycles. The van der Waals surface area contributed by atoms with Crippen molar-refractivity contribution in [2.24, 2.45) is 0 Å². The minimum absolute atomic E-state index is 0.0532. The number of rotatable bonds is 3. The second-order valence-corrected chi connectivity index (χ2v) is 4.43. The van der Waals surface area contributed by atoms with Crippen molar-refractivity contribution in [3.63, 3.8) is 0 Å². The van der Waals surface area contributed by atoms with E-state index in [-0.39, 0.29) is 10.6 Å². The Balaban J connectivity index is 2.20. The van der Waals surface area contributed by atoms with E-state index < -0.39 is 11.9 Å². The summed E-state index contributed by atoms with van der Waals surface area (Å²) < 4.78 is 3.56. The number of carboxylic acid groups (broad SMARTS) is 1. The van der Waals surface area contributed by atoms with Crippen LogP contribution in [0, 0.1) is 0 Å². The van der Waals surface area contributed by atoms with Gasteiger partial charge in [0, 0.05) is 0 Å². The molecule has 1 aromatic heterocycles. The number of nitrogens with zero attached hydrogens (tertiary/aromatic N) is 2. The van der Waals surface area contributed by atoms with Gasteiger partial charge < -0.3 is 10.4 Å². The molecule has 1 amide bonds. The Morgan fingerprint density at radius 1 is 1.39 bits per heavy atom. The molecular weight excluding hydrogens is 278 g/mol. The second-order valence-electron chi connectivity index (χ2n) is 3.24. The van der Waals surface area contributed by atoms with Crippen molar-refractivity contribution in [1.82, 2.24) is 9.59 Å². The minimum Gasteiger partial charge on any atom is -0.478 e. The number of carboxylic acids is 1. The van der Waals surface area contributed by atoms with Gasteiger partial charge in [0.15, 0.2) is 0 Å². The van der Waals surface area contributed by atoms with E-state index in [1.165, 1.54) is 24.4 Å². The molecule has 0 aliphatic heterocycles. The van der Waals surface area contributed by atoms with Gasteiger partial charge in [0.1, 0.15) is 4.88 Å². The Morgan fingerprint density at radius 2 is 2.17 bits per heavy atom. The zero-order valence-corrected chi connectivity index (χ0v) is 10.3. The molecule has 0 aliphatic rings. The topological polar surface area (TPSA) is 92.2 Å². The first kappa shape index (κ1) is 12.5. The van der Waals surface area contributed by atoms with Gasteiger partial charge in [-0.15, -0.1) is 5.10 Å². The predicted octanol–water partition coefficient (Wildman–Crippen LogP) is 2.14. The van der Waals surface area contributed by atoms with E-state index in [0.717, 1.165) is 11.5 Å². The van der Waals surface area contributed by atoms with Crippen LogP contribution in [0.2, 0.25) is 5.02 Å². The molecule has 18 heavy (non-hydrogen) atoms. The van der Waals surface area contributed by atoms with Gasteiger partial charge in [-0.05, 0) is 29.7 Å². The summed E-state index contributed by atoms with van der Waals surface area (Å²) in [5.41, 5.74) is 0.387. The van der Waals surface area contributed by atoms with E-state index in [1.807, 2.05) is 0 Å². The highest BCUT2D eigenvalue weighted by Gasteiger charge is 2.12. The number of nitrogens with one attached hydrogen (secondary N) is 1. The zero-order chi connectivity index (χ0) is 13.1. The molecule has 0 fully saturated rings. The average molecular weight is 284 g/mol. The second kappa shape index (κ2) is 5.11. The molecule has 0 atom stereocenters. The Morgan fingerprint density at radius 3 is 2.72 bits per heavy atom. The molecule has 0 radical (unpaired) electrons. The van der Waals surface area contributed by atoms with Crippen molar-refractivity contribution in [1.29, 1.82) is 0 Å². The van der Waals surface area contributed by atoms with Gasteiger partial charge in [-0.3, -0.25) is 4.79 Å². The van der Waals surface area contributed by atoms with Gasteiger partial charge in [0.05, 0.1) is 22.5 Å². The molecule has 92 valence electrons. The van der Waals surface area contributed by atoms with Crippen LogP contribution in [0.25, 0.3) is 0 Å². The summed E-state index contributed by atoms with van der Waals surface area (Å²) in [5, 5.41) is 15.0. The first-order chi connectivity index (χ1) is 8.58. The van der Waals surface area contributed by atoms with Crippen molar-refractivity contribution in [2.75, 3.05) is 5.32 Å². The van der Waals surface area contributed by atoms with Gasteiger partial charge in [0.2, 0.25) is 0 Å². The number of carbonyl (C=O) groups is 2. The van der Waals surface area contributed by atoms with Crippen LogP contribution in [-0.2, 0) is 0 Å².